The number of aliphatic hydroxyl groups is 1. The van der Waals surface area contributed by atoms with Gasteiger partial charge in [0.15, 0.2) is 0 Å². The van der Waals surface area contributed by atoms with Gasteiger partial charge in [0.2, 0.25) is 10.0 Å². The zero-order valence-corrected chi connectivity index (χ0v) is 12.5. The van der Waals surface area contributed by atoms with Gasteiger partial charge in [-0.1, -0.05) is 6.07 Å². The largest absolute Gasteiger partial charge is 0.478 e. The van der Waals surface area contributed by atoms with Crippen molar-refractivity contribution in [3.63, 3.8) is 0 Å². The number of aromatic carboxylic acids is 1. The Hall–Kier alpha value is -1.48. The smallest absolute Gasteiger partial charge is 0.335 e. The van der Waals surface area contributed by atoms with E-state index in [1.54, 1.807) is 6.92 Å². The number of carbonyl (C=O) groups is 1. The number of ether oxygens (including phenoxy) is 1. The van der Waals surface area contributed by atoms with E-state index >= 15 is 0 Å². The summed E-state index contributed by atoms with van der Waals surface area (Å²) in [4.78, 5) is 10.9. The molecule has 0 atom stereocenters. The first-order valence-electron chi connectivity index (χ1n) is 6.40. The molecule has 8 heteroatoms. The first-order valence-corrected chi connectivity index (χ1v) is 7.89. The average molecular weight is 317 g/mol. The molecule has 0 aromatic heterocycles. The maximum Gasteiger partial charge on any atom is 0.335 e. The number of rotatable bonds is 9. The minimum Gasteiger partial charge on any atom is -0.478 e. The fraction of sp³-hybridized carbons (Fsp3) is 0.462. The third-order valence-electron chi connectivity index (χ3n) is 2.74. The summed E-state index contributed by atoms with van der Waals surface area (Å²) in [5.74, 6) is -1.16. The van der Waals surface area contributed by atoms with Crippen molar-refractivity contribution in [2.75, 3.05) is 26.4 Å². The van der Waals surface area contributed by atoms with Gasteiger partial charge in [-0.15, -0.1) is 0 Å². The number of aliphatic hydroxyl groups excluding tert-OH is 1. The molecule has 0 spiro atoms. The zero-order valence-electron chi connectivity index (χ0n) is 11.7. The van der Waals surface area contributed by atoms with Crippen molar-refractivity contribution in [1.29, 1.82) is 0 Å². The van der Waals surface area contributed by atoms with Crippen LogP contribution >= 0.6 is 0 Å². The van der Waals surface area contributed by atoms with E-state index in [4.69, 9.17) is 14.9 Å². The molecule has 0 unspecified atom stereocenters. The molecule has 0 aliphatic rings. The zero-order chi connectivity index (χ0) is 15.9. The van der Waals surface area contributed by atoms with Crippen LogP contribution in [0, 0.1) is 6.92 Å². The van der Waals surface area contributed by atoms with Gasteiger partial charge in [0.25, 0.3) is 0 Å². The summed E-state index contributed by atoms with van der Waals surface area (Å²) in [6.45, 7) is 2.24. The van der Waals surface area contributed by atoms with Gasteiger partial charge < -0.3 is 14.9 Å². The van der Waals surface area contributed by atoms with Crippen molar-refractivity contribution < 1.29 is 28.2 Å². The number of benzene rings is 1. The van der Waals surface area contributed by atoms with E-state index in [0.717, 1.165) is 6.07 Å². The Morgan fingerprint density at radius 2 is 2.05 bits per heavy atom. The number of nitrogens with one attached hydrogen (secondary N) is 1. The molecule has 0 saturated heterocycles. The average Bonchev–Trinajstić information content (AvgIpc) is 2.42. The van der Waals surface area contributed by atoms with Crippen LogP contribution in [0.2, 0.25) is 0 Å². The van der Waals surface area contributed by atoms with Crippen LogP contribution in [0.4, 0.5) is 0 Å². The summed E-state index contributed by atoms with van der Waals surface area (Å²) in [6, 6.07) is 3.97. The number of carboxylic acids is 1. The molecule has 1 aromatic rings. The van der Waals surface area contributed by atoms with Crippen LogP contribution in [0.5, 0.6) is 0 Å². The van der Waals surface area contributed by atoms with E-state index in [0.29, 0.717) is 18.6 Å². The van der Waals surface area contributed by atoms with Gasteiger partial charge >= 0.3 is 5.97 Å². The van der Waals surface area contributed by atoms with Crippen molar-refractivity contribution in [1.82, 2.24) is 4.72 Å². The van der Waals surface area contributed by atoms with Crippen molar-refractivity contribution in [3.8, 4) is 0 Å². The molecular formula is C13H19NO6S. The molecule has 7 nitrogen and oxygen atoms in total. The molecule has 1 rings (SSSR count). The Balaban J connectivity index is 2.66. The third-order valence-corrected chi connectivity index (χ3v) is 4.20. The van der Waals surface area contributed by atoms with E-state index in [-0.39, 0.29) is 30.2 Å². The number of sulfonamides is 1. The fourth-order valence-corrected chi connectivity index (χ4v) is 2.73. The van der Waals surface area contributed by atoms with E-state index in [1.165, 1.54) is 12.1 Å². The SMILES string of the molecule is Cc1ccc(S(=O)(=O)NCCCOCCO)cc1C(=O)O. The quantitative estimate of drug-likeness (QED) is 0.567. The lowest BCUT2D eigenvalue weighted by Gasteiger charge is -2.09. The van der Waals surface area contributed by atoms with Crippen LogP contribution < -0.4 is 4.72 Å². The summed E-state index contributed by atoms with van der Waals surface area (Å²) in [5, 5.41) is 17.5. The van der Waals surface area contributed by atoms with E-state index < -0.39 is 16.0 Å². The first kappa shape index (κ1) is 17.6. The second kappa shape index (κ2) is 8.08. The van der Waals surface area contributed by atoms with Crippen LogP contribution in [0.1, 0.15) is 22.3 Å². The van der Waals surface area contributed by atoms with Crippen molar-refractivity contribution in [2.45, 2.75) is 18.2 Å². The molecule has 21 heavy (non-hydrogen) atoms. The summed E-state index contributed by atoms with van der Waals surface area (Å²) in [7, 11) is -3.74. The first-order chi connectivity index (χ1) is 9.88. The highest BCUT2D eigenvalue weighted by molar-refractivity contribution is 7.89. The lowest BCUT2D eigenvalue weighted by atomic mass is 10.1. The molecule has 0 aliphatic carbocycles. The van der Waals surface area contributed by atoms with Crippen LogP contribution in [-0.2, 0) is 14.8 Å². The molecule has 0 saturated carbocycles. The Bertz CT molecular complexity index is 584. The van der Waals surface area contributed by atoms with Gasteiger partial charge in [-0.3, -0.25) is 0 Å². The summed E-state index contributed by atoms with van der Waals surface area (Å²) < 4.78 is 31.4. The van der Waals surface area contributed by atoms with Crippen LogP contribution in [0.15, 0.2) is 23.1 Å². The van der Waals surface area contributed by atoms with Crippen molar-refractivity contribution in [2.24, 2.45) is 0 Å². The topological polar surface area (TPSA) is 113 Å². The molecule has 1 aromatic carbocycles. The van der Waals surface area contributed by atoms with E-state index in [2.05, 4.69) is 4.72 Å². The predicted octanol–water partition coefficient (Wildman–Crippen LogP) is 0.371. The van der Waals surface area contributed by atoms with Gasteiger partial charge in [-0.2, -0.15) is 0 Å². The maximum atomic E-state index is 12.0. The normalized spacial score (nSPS) is 11.5. The third kappa shape index (κ3) is 5.43. The van der Waals surface area contributed by atoms with Gasteiger partial charge in [0.05, 0.1) is 23.7 Å². The molecule has 0 heterocycles. The minimum absolute atomic E-state index is 0.0378. The van der Waals surface area contributed by atoms with Crippen molar-refractivity contribution >= 4 is 16.0 Å². The highest BCUT2D eigenvalue weighted by Crippen LogP contribution is 2.15. The number of aryl methyl sites for hydroxylation is 1. The van der Waals surface area contributed by atoms with Crippen LogP contribution in [0.3, 0.4) is 0 Å². The fourth-order valence-electron chi connectivity index (χ4n) is 1.63. The minimum atomic E-state index is -3.74. The lowest BCUT2D eigenvalue weighted by Crippen LogP contribution is -2.26. The molecule has 118 valence electrons. The Labute approximate surface area is 123 Å². The number of carboxylic acid groups (broad SMARTS) is 1. The Morgan fingerprint density at radius 3 is 2.67 bits per heavy atom. The van der Waals surface area contributed by atoms with Gasteiger partial charge in [-0.25, -0.2) is 17.9 Å². The molecule has 3 N–H and O–H groups in total. The van der Waals surface area contributed by atoms with Gasteiger partial charge in [0, 0.05) is 13.2 Å². The highest BCUT2D eigenvalue weighted by Gasteiger charge is 2.17. The monoisotopic (exact) mass is 317 g/mol. The predicted molar refractivity (Wildman–Crippen MR) is 75.8 cm³/mol. The lowest BCUT2D eigenvalue weighted by molar-refractivity contribution is 0.0696. The maximum absolute atomic E-state index is 12.0. The second-order valence-electron chi connectivity index (χ2n) is 4.37. The van der Waals surface area contributed by atoms with Crippen LogP contribution in [0.25, 0.3) is 0 Å². The molecule has 0 fully saturated rings. The summed E-state index contributed by atoms with van der Waals surface area (Å²) in [6.07, 6.45) is 0.455. The molecule has 0 aliphatic heterocycles. The van der Waals surface area contributed by atoms with Crippen LogP contribution in [-0.4, -0.2) is 51.0 Å². The summed E-state index contributed by atoms with van der Waals surface area (Å²) in [5.41, 5.74) is 0.461. The molecule has 0 amide bonds. The van der Waals surface area contributed by atoms with E-state index in [1.807, 2.05) is 0 Å². The number of hydrogen-bond acceptors (Lipinski definition) is 5. The molecular weight excluding hydrogens is 298 g/mol. The van der Waals surface area contributed by atoms with Gasteiger partial charge in [-0.05, 0) is 31.0 Å². The molecule has 0 bridgehead atoms. The van der Waals surface area contributed by atoms with Crippen molar-refractivity contribution in [3.05, 3.63) is 29.3 Å². The van der Waals surface area contributed by atoms with E-state index in [9.17, 15) is 13.2 Å². The molecule has 0 radical (unpaired) electrons. The van der Waals surface area contributed by atoms with Gasteiger partial charge in [0.1, 0.15) is 0 Å². The Morgan fingerprint density at radius 1 is 1.33 bits per heavy atom. The highest BCUT2D eigenvalue weighted by atomic mass is 32.2. The Kier molecular flexibility index (Phi) is 6.76. The standard InChI is InChI=1S/C13H19NO6S/c1-10-3-4-11(9-12(10)13(16)17)21(18,19)14-5-2-7-20-8-6-15/h3-4,9,14-15H,2,5-8H2,1H3,(H,16,17). The summed E-state index contributed by atoms with van der Waals surface area (Å²) >= 11 is 0. The number of hydrogen-bond donors (Lipinski definition) is 3. The second-order valence-corrected chi connectivity index (χ2v) is 6.14.